The number of rotatable bonds is 7. The van der Waals surface area contributed by atoms with Gasteiger partial charge in [-0.3, -0.25) is 4.90 Å². The molecule has 1 aromatic carbocycles. The van der Waals surface area contributed by atoms with Crippen molar-refractivity contribution >= 4 is 23.5 Å². The second-order valence-electron chi connectivity index (χ2n) is 7.35. The van der Waals surface area contributed by atoms with Gasteiger partial charge in [-0.15, -0.1) is 0 Å². The van der Waals surface area contributed by atoms with Crippen LogP contribution in [0.2, 0.25) is 5.02 Å². The van der Waals surface area contributed by atoms with Gasteiger partial charge in [0.15, 0.2) is 5.76 Å². The SMILES string of the molecule is C[C@H](NCc1cc(N2C(=O)OC[C@@H]2[C@@H](C)O)ncn1)c1cc(-c2ccc(Cl)cc2)on1. The van der Waals surface area contributed by atoms with E-state index in [1.165, 1.54) is 11.2 Å². The molecule has 2 aromatic heterocycles. The smallest absolute Gasteiger partial charge is 0.416 e. The molecular weight excluding hydrogens is 422 g/mol. The van der Waals surface area contributed by atoms with E-state index in [4.69, 9.17) is 20.9 Å². The summed E-state index contributed by atoms with van der Waals surface area (Å²) in [6, 6.07) is 10.3. The van der Waals surface area contributed by atoms with Crippen LogP contribution < -0.4 is 10.2 Å². The molecule has 31 heavy (non-hydrogen) atoms. The lowest BCUT2D eigenvalue weighted by molar-refractivity contribution is 0.142. The molecule has 9 nitrogen and oxygen atoms in total. The first-order valence-corrected chi connectivity index (χ1v) is 10.2. The van der Waals surface area contributed by atoms with Crippen molar-refractivity contribution in [3.63, 3.8) is 0 Å². The number of cyclic esters (lactones) is 1. The first kappa shape index (κ1) is 21.2. The molecule has 3 heterocycles. The fraction of sp³-hybridized carbons (Fsp3) is 0.333. The number of hydrogen-bond acceptors (Lipinski definition) is 8. The van der Waals surface area contributed by atoms with E-state index in [1.807, 2.05) is 25.1 Å². The van der Waals surface area contributed by atoms with Gasteiger partial charge in [-0.1, -0.05) is 16.8 Å². The molecule has 0 bridgehead atoms. The van der Waals surface area contributed by atoms with Gasteiger partial charge in [0.25, 0.3) is 0 Å². The lowest BCUT2D eigenvalue weighted by Gasteiger charge is -2.22. The third-order valence-electron chi connectivity index (χ3n) is 5.11. The third-order valence-corrected chi connectivity index (χ3v) is 5.36. The van der Waals surface area contributed by atoms with E-state index in [9.17, 15) is 9.90 Å². The minimum absolute atomic E-state index is 0.106. The molecule has 0 unspecified atom stereocenters. The van der Waals surface area contributed by atoms with Gasteiger partial charge in [-0.25, -0.2) is 14.8 Å². The first-order chi connectivity index (χ1) is 14.9. The largest absolute Gasteiger partial charge is 0.447 e. The number of carbonyl (C=O) groups is 1. The zero-order valence-electron chi connectivity index (χ0n) is 17.0. The van der Waals surface area contributed by atoms with Crippen molar-refractivity contribution in [2.45, 2.75) is 38.6 Å². The lowest BCUT2D eigenvalue weighted by Crippen LogP contribution is -2.41. The van der Waals surface area contributed by atoms with Gasteiger partial charge in [0.1, 0.15) is 30.5 Å². The maximum Gasteiger partial charge on any atom is 0.416 e. The molecule has 0 spiro atoms. The van der Waals surface area contributed by atoms with E-state index in [0.717, 1.165) is 11.3 Å². The molecule has 3 atom stereocenters. The normalized spacial score (nSPS) is 18.1. The van der Waals surface area contributed by atoms with Crippen LogP contribution in [0, 0.1) is 0 Å². The molecule has 1 fully saturated rings. The van der Waals surface area contributed by atoms with Crippen LogP contribution in [0.4, 0.5) is 10.6 Å². The fourth-order valence-electron chi connectivity index (χ4n) is 3.27. The van der Waals surface area contributed by atoms with Gasteiger partial charge in [0.2, 0.25) is 0 Å². The van der Waals surface area contributed by atoms with Crippen LogP contribution in [0.3, 0.4) is 0 Å². The number of aliphatic hydroxyl groups excluding tert-OH is 1. The Labute approximate surface area is 184 Å². The van der Waals surface area contributed by atoms with Gasteiger partial charge in [0.05, 0.1) is 17.8 Å². The van der Waals surface area contributed by atoms with E-state index >= 15 is 0 Å². The second kappa shape index (κ2) is 9.01. The quantitative estimate of drug-likeness (QED) is 0.571. The summed E-state index contributed by atoms with van der Waals surface area (Å²) in [7, 11) is 0. The van der Waals surface area contributed by atoms with Crippen molar-refractivity contribution < 1.29 is 19.2 Å². The van der Waals surface area contributed by atoms with Gasteiger partial charge < -0.3 is 19.7 Å². The molecule has 2 N–H and O–H groups in total. The highest BCUT2D eigenvalue weighted by Gasteiger charge is 2.38. The minimum atomic E-state index is -0.745. The average molecular weight is 444 g/mol. The Morgan fingerprint density at radius 2 is 2.03 bits per heavy atom. The van der Waals surface area contributed by atoms with Gasteiger partial charge in [0, 0.05) is 29.3 Å². The van der Waals surface area contributed by atoms with Gasteiger partial charge in [-0.05, 0) is 38.1 Å². The van der Waals surface area contributed by atoms with Crippen molar-refractivity contribution in [2.24, 2.45) is 0 Å². The van der Waals surface area contributed by atoms with Crippen molar-refractivity contribution in [3.8, 4) is 11.3 Å². The summed E-state index contributed by atoms with van der Waals surface area (Å²) in [5, 5.41) is 18.1. The maximum atomic E-state index is 12.1. The number of benzene rings is 1. The summed E-state index contributed by atoms with van der Waals surface area (Å²) in [5.74, 6) is 1.04. The highest BCUT2D eigenvalue weighted by atomic mass is 35.5. The van der Waals surface area contributed by atoms with Gasteiger partial charge >= 0.3 is 6.09 Å². The predicted octanol–water partition coefficient (Wildman–Crippen LogP) is 3.34. The van der Waals surface area contributed by atoms with Gasteiger partial charge in [-0.2, -0.15) is 0 Å². The number of amides is 1. The number of nitrogens with zero attached hydrogens (tertiary/aromatic N) is 4. The third kappa shape index (κ3) is 4.68. The summed E-state index contributed by atoms with van der Waals surface area (Å²) in [6.45, 7) is 4.11. The van der Waals surface area contributed by atoms with Crippen LogP contribution in [0.15, 0.2) is 47.2 Å². The zero-order chi connectivity index (χ0) is 22.0. The Morgan fingerprint density at radius 3 is 2.77 bits per heavy atom. The van der Waals surface area contributed by atoms with Crippen LogP contribution in [0.25, 0.3) is 11.3 Å². The molecule has 0 aliphatic carbocycles. The average Bonchev–Trinajstić information content (AvgIpc) is 3.40. The minimum Gasteiger partial charge on any atom is -0.447 e. The molecule has 0 saturated carbocycles. The second-order valence-corrected chi connectivity index (χ2v) is 7.78. The molecule has 3 aromatic rings. The van der Waals surface area contributed by atoms with Crippen molar-refractivity contribution in [1.82, 2.24) is 20.4 Å². The topological polar surface area (TPSA) is 114 Å². The first-order valence-electron chi connectivity index (χ1n) is 9.83. The molecule has 1 aliphatic rings. The number of hydrogen-bond donors (Lipinski definition) is 2. The summed E-state index contributed by atoms with van der Waals surface area (Å²) in [5.41, 5.74) is 2.32. The monoisotopic (exact) mass is 443 g/mol. The van der Waals surface area contributed by atoms with E-state index in [-0.39, 0.29) is 12.6 Å². The Balaban J connectivity index is 1.42. The fourth-order valence-corrected chi connectivity index (χ4v) is 3.40. The molecule has 10 heteroatoms. The van der Waals surface area contributed by atoms with E-state index in [1.54, 1.807) is 25.1 Å². The molecule has 1 amide bonds. The van der Waals surface area contributed by atoms with Crippen molar-refractivity contribution in [3.05, 3.63) is 59.1 Å². The Bertz CT molecular complexity index is 1060. The Morgan fingerprint density at radius 1 is 1.26 bits per heavy atom. The highest BCUT2D eigenvalue weighted by Crippen LogP contribution is 2.25. The summed E-state index contributed by atoms with van der Waals surface area (Å²) in [4.78, 5) is 21.9. The highest BCUT2D eigenvalue weighted by molar-refractivity contribution is 6.30. The number of aromatic nitrogens is 3. The number of nitrogens with one attached hydrogen (secondary N) is 1. The van der Waals surface area contributed by atoms with Crippen molar-refractivity contribution in [1.29, 1.82) is 0 Å². The predicted molar refractivity (Wildman–Crippen MR) is 114 cm³/mol. The van der Waals surface area contributed by atoms with E-state index < -0.39 is 18.2 Å². The van der Waals surface area contributed by atoms with Crippen LogP contribution >= 0.6 is 11.6 Å². The number of halogens is 1. The lowest BCUT2D eigenvalue weighted by atomic mass is 10.1. The van der Waals surface area contributed by atoms with E-state index in [0.29, 0.717) is 28.8 Å². The number of ether oxygens (including phenoxy) is 1. The maximum absolute atomic E-state index is 12.1. The number of anilines is 1. The molecule has 0 radical (unpaired) electrons. The molecule has 1 saturated heterocycles. The Kier molecular flexibility index (Phi) is 6.17. The standard InChI is InChI=1S/C21H22ClN5O4/c1-12(17-8-19(31-26-17)14-3-5-15(22)6-4-14)23-9-16-7-20(25-11-24-16)27-18(13(2)28)10-30-21(27)29/h3-8,11-13,18,23,28H,9-10H2,1-2H3/t12-,13+,18+/m0/s1. The molecule has 1 aliphatic heterocycles. The number of aliphatic hydroxyl groups is 1. The molecule has 4 rings (SSSR count). The van der Waals surface area contributed by atoms with Crippen LogP contribution in [0.1, 0.15) is 31.3 Å². The summed E-state index contributed by atoms with van der Waals surface area (Å²) in [6.07, 6.45) is 0.107. The van der Waals surface area contributed by atoms with E-state index in [2.05, 4.69) is 20.4 Å². The van der Waals surface area contributed by atoms with Crippen LogP contribution in [-0.2, 0) is 11.3 Å². The summed E-state index contributed by atoms with van der Waals surface area (Å²) < 4.78 is 10.5. The van der Waals surface area contributed by atoms with Crippen LogP contribution in [-0.4, -0.2) is 45.1 Å². The molecule has 162 valence electrons. The zero-order valence-corrected chi connectivity index (χ0v) is 17.8. The summed E-state index contributed by atoms with van der Waals surface area (Å²) >= 11 is 5.93. The van der Waals surface area contributed by atoms with Crippen LogP contribution in [0.5, 0.6) is 0 Å². The Hall–Kier alpha value is -3.01. The molecular formula is C21H22ClN5O4. The van der Waals surface area contributed by atoms with Crippen molar-refractivity contribution in [2.75, 3.05) is 11.5 Å². The number of carbonyl (C=O) groups excluding carboxylic acids is 1.